The van der Waals surface area contributed by atoms with Gasteiger partial charge in [-0.1, -0.05) is 0 Å². The lowest BCUT2D eigenvalue weighted by Gasteiger charge is -2.13. The van der Waals surface area contributed by atoms with Gasteiger partial charge in [0.15, 0.2) is 0 Å². The third kappa shape index (κ3) is 2.34. The van der Waals surface area contributed by atoms with E-state index in [1.807, 2.05) is 0 Å². The van der Waals surface area contributed by atoms with E-state index >= 15 is 0 Å². The van der Waals surface area contributed by atoms with Crippen molar-refractivity contribution in [3.8, 4) is 5.75 Å². The standard InChI is InChI=1S/C9H14N2O2/c10-8-2-1-6(13)5-7(8)9(11)3-4-12/h1-2,5,9,12-13H,3-4,10-11H2. The molecule has 0 aliphatic carbocycles. The average molecular weight is 182 g/mol. The second-order valence-corrected chi connectivity index (χ2v) is 2.93. The number of hydrogen-bond acceptors (Lipinski definition) is 4. The summed E-state index contributed by atoms with van der Waals surface area (Å²) in [6.45, 7) is 0.0102. The van der Waals surface area contributed by atoms with Crippen LogP contribution in [-0.4, -0.2) is 16.8 Å². The highest BCUT2D eigenvalue weighted by Crippen LogP contribution is 2.24. The van der Waals surface area contributed by atoms with Crippen molar-refractivity contribution in [2.45, 2.75) is 12.5 Å². The van der Waals surface area contributed by atoms with Crippen molar-refractivity contribution in [1.82, 2.24) is 0 Å². The molecule has 0 heterocycles. The second kappa shape index (κ2) is 4.11. The van der Waals surface area contributed by atoms with Crippen LogP contribution in [0, 0.1) is 0 Å². The van der Waals surface area contributed by atoms with Gasteiger partial charge in [0, 0.05) is 18.3 Å². The van der Waals surface area contributed by atoms with Crippen molar-refractivity contribution in [2.75, 3.05) is 12.3 Å². The number of aliphatic hydroxyl groups is 1. The molecule has 0 radical (unpaired) electrons. The van der Waals surface area contributed by atoms with Crippen LogP contribution in [0.2, 0.25) is 0 Å². The summed E-state index contributed by atoms with van der Waals surface area (Å²) < 4.78 is 0. The Balaban J connectivity index is 2.91. The Morgan fingerprint density at radius 2 is 2.08 bits per heavy atom. The fourth-order valence-corrected chi connectivity index (χ4v) is 1.18. The molecule has 1 aromatic carbocycles. The topological polar surface area (TPSA) is 92.5 Å². The highest BCUT2D eigenvalue weighted by atomic mass is 16.3. The average Bonchev–Trinajstić information content (AvgIpc) is 2.09. The third-order valence-electron chi connectivity index (χ3n) is 1.91. The second-order valence-electron chi connectivity index (χ2n) is 2.93. The number of aliphatic hydroxyl groups excluding tert-OH is 1. The Hall–Kier alpha value is -1.26. The molecule has 0 amide bonds. The number of phenolic OH excluding ortho intramolecular Hbond substituents is 1. The summed E-state index contributed by atoms with van der Waals surface area (Å²) in [4.78, 5) is 0. The smallest absolute Gasteiger partial charge is 0.116 e. The zero-order valence-corrected chi connectivity index (χ0v) is 7.27. The van der Waals surface area contributed by atoms with E-state index in [0.29, 0.717) is 17.7 Å². The predicted octanol–water partition coefficient (Wildman–Crippen LogP) is 0.357. The minimum Gasteiger partial charge on any atom is -0.508 e. The molecule has 0 bridgehead atoms. The van der Waals surface area contributed by atoms with Crippen LogP contribution >= 0.6 is 0 Å². The minimum absolute atomic E-state index is 0.0102. The molecule has 0 aromatic heterocycles. The van der Waals surface area contributed by atoms with E-state index in [9.17, 15) is 5.11 Å². The first kappa shape index (κ1) is 9.83. The lowest BCUT2D eigenvalue weighted by molar-refractivity contribution is 0.276. The van der Waals surface area contributed by atoms with Gasteiger partial charge in [-0.2, -0.15) is 0 Å². The fourth-order valence-electron chi connectivity index (χ4n) is 1.18. The van der Waals surface area contributed by atoms with E-state index in [0.717, 1.165) is 0 Å². The summed E-state index contributed by atoms with van der Waals surface area (Å²) in [5.74, 6) is 0.137. The van der Waals surface area contributed by atoms with Crippen molar-refractivity contribution in [1.29, 1.82) is 0 Å². The molecule has 1 atom stereocenters. The summed E-state index contributed by atoms with van der Waals surface area (Å²) in [6.07, 6.45) is 0.438. The van der Waals surface area contributed by atoms with Crippen LogP contribution in [0.1, 0.15) is 18.0 Å². The van der Waals surface area contributed by atoms with Gasteiger partial charge in [-0.15, -0.1) is 0 Å². The molecule has 0 fully saturated rings. The van der Waals surface area contributed by atoms with Gasteiger partial charge < -0.3 is 21.7 Å². The number of nitrogens with two attached hydrogens (primary N) is 2. The summed E-state index contributed by atoms with van der Waals surface area (Å²) in [6, 6.07) is 4.30. The number of rotatable bonds is 3. The first-order chi connectivity index (χ1) is 6.15. The first-order valence-corrected chi connectivity index (χ1v) is 4.10. The van der Waals surface area contributed by atoms with Crippen LogP contribution in [0.4, 0.5) is 5.69 Å². The summed E-state index contributed by atoms with van der Waals surface area (Å²) in [5.41, 5.74) is 12.6. The van der Waals surface area contributed by atoms with Crippen molar-refractivity contribution >= 4 is 5.69 Å². The number of nitrogen functional groups attached to an aromatic ring is 1. The molecule has 0 aliphatic heterocycles. The van der Waals surface area contributed by atoms with Crippen molar-refractivity contribution in [2.24, 2.45) is 5.73 Å². The normalized spacial score (nSPS) is 12.8. The maximum Gasteiger partial charge on any atom is 0.116 e. The van der Waals surface area contributed by atoms with Gasteiger partial charge in [0.05, 0.1) is 0 Å². The van der Waals surface area contributed by atoms with Gasteiger partial charge >= 0.3 is 0 Å². The summed E-state index contributed by atoms with van der Waals surface area (Å²) in [5, 5.41) is 17.9. The van der Waals surface area contributed by atoms with Crippen LogP contribution in [-0.2, 0) is 0 Å². The van der Waals surface area contributed by atoms with E-state index in [1.165, 1.54) is 12.1 Å². The molecule has 6 N–H and O–H groups in total. The van der Waals surface area contributed by atoms with Crippen molar-refractivity contribution in [3.63, 3.8) is 0 Å². The molecule has 0 saturated carbocycles. The van der Waals surface area contributed by atoms with Gasteiger partial charge in [-0.3, -0.25) is 0 Å². The summed E-state index contributed by atoms with van der Waals surface area (Å²) >= 11 is 0. The van der Waals surface area contributed by atoms with Crippen molar-refractivity contribution in [3.05, 3.63) is 23.8 Å². The minimum atomic E-state index is -0.322. The molecular weight excluding hydrogens is 168 g/mol. The van der Waals surface area contributed by atoms with Gasteiger partial charge in [0.1, 0.15) is 5.75 Å². The Morgan fingerprint density at radius 1 is 1.38 bits per heavy atom. The molecule has 1 rings (SSSR count). The number of anilines is 1. The SMILES string of the molecule is Nc1ccc(O)cc1C(N)CCO. The molecule has 72 valence electrons. The van der Waals surface area contributed by atoms with Crippen LogP contribution in [0.3, 0.4) is 0 Å². The van der Waals surface area contributed by atoms with E-state index in [2.05, 4.69) is 0 Å². The Bertz CT molecular complexity index is 289. The highest BCUT2D eigenvalue weighted by molar-refractivity contribution is 5.51. The quantitative estimate of drug-likeness (QED) is 0.401. The zero-order valence-electron chi connectivity index (χ0n) is 7.27. The first-order valence-electron chi connectivity index (χ1n) is 4.10. The van der Waals surface area contributed by atoms with Crippen LogP contribution < -0.4 is 11.5 Å². The largest absolute Gasteiger partial charge is 0.508 e. The van der Waals surface area contributed by atoms with E-state index < -0.39 is 0 Å². The third-order valence-corrected chi connectivity index (χ3v) is 1.91. The van der Waals surface area contributed by atoms with Gasteiger partial charge in [0.25, 0.3) is 0 Å². The van der Waals surface area contributed by atoms with Gasteiger partial charge in [-0.25, -0.2) is 0 Å². The molecule has 4 nitrogen and oxygen atoms in total. The molecule has 1 aromatic rings. The van der Waals surface area contributed by atoms with Crippen LogP contribution in [0.25, 0.3) is 0 Å². The van der Waals surface area contributed by atoms with Crippen LogP contribution in [0.5, 0.6) is 5.75 Å². The highest BCUT2D eigenvalue weighted by Gasteiger charge is 2.09. The lowest BCUT2D eigenvalue weighted by Crippen LogP contribution is -2.13. The summed E-state index contributed by atoms with van der Waals surface area (Å²) in [7, 11) is 0. The van der Waals surface area contributed by atoms with Crippen LogP contribution in [0.15, 0.2) is 18.2 Å². The number of phenols is 1. The zero-order chi connectivity index (χ0) is 9.84. The molecule has 0 spiro atoms. The monoisotopic (exact) mass is 182 g/mol. The van der Waals surface area contributed by atoms with E-state index in [1.54, 1.807) is 6.07 Å². The Kier molecular flexibility index (Phi) is 3.11. The van der Waals surface area contributed by atoms with Gasteiger partial charge in [0.2, 0.25) is 0 Å². The number of hydrogen-bond donors (Lipinski definition) is 4. The Labute approximate surface area is 76.8 Å². The van der Waals surface area contributed by atoms with E-state index in [-0.39, 0.29) is 18.4 Å². The number of benzene rings is 1. The fraction of sp³-hybridized carbons (Fsp3) is 0.333. The molecule has 0 saturated heterocycles. The molecular formula is C9H14N2O2. The maximum absolute atomic E-state index is 9.18. The molecule has 4 heteroatoms. The van der Waals surface area contributed by atoms with Gasteiger partial charge in [-0.05, 0) is 30.2 Å². The van der Waals surface area contributed by atoms with E-state index in [4.69, 9.17) is 16.6 Å². The Morgan fingerprint density at radius 3 is 2.69 bits per heavy atom. The molecule has 0 aliphatic rings. The molecule has 1 unspecified atom stereocenters. The lowest BCUT2D eigenvalue weighted by atomic mass is 10.0. The maximum atomic E-state index is 9.18. The molecule has 13 heavy (non-hydrogen) atoms. The predicted molar refractivity (Wildman–Crippen MR) is 51.2 cm³/mol. The van der Waals surface area contributed by atoms with Crippen molar-refractivity contribution < 1.29 is 10.2 Å². The number of aromatic hydroxyl groups is 1.